The lowest BCUT2D eigenvalue weighted by molar-refractivity contribution is 0.414. The summed E-state index contributed by atoms with van der Waals surface area (Å²) in [6.07, 6.45) is 2.61. The third kappa shape index (κ3) is 3.62. The first-order valence-corrected chi connectivity index (χ1v) is 7.09. The molecular weight excluding hydrogens is 266 g/mol. The average Bonchev–Trinajstić information content (AvgIpc) is 2.52. The zero-order valence-electron chi connectivity index (χ0n) is 12.7. The average molecular weight is 287 g/mol. The highest BCUT2D eigenvalue weighted by atomic mass is 16.5. The summed E-state index contributed by atoms with van der Waals surface area (Å²) in [5.41, 5.74) is 2.57. The Labute approximate surface area is 124 Å². The lowest BCUT2D eigenvalue weighted by Gasteiger charge is -2.11. The molecule has 0 aliphatic heterocycles. The van der Waals surface area contributed by atoms with Gasteiger partial charge in [-0.15, -0.1) is 0 Å². The van der Waals surface area contributed by atoms with Crippen molar-refractivity contribution in [2.75, 3.05) is 12.4 Å². The molecule has 0 saturated heterocycles. The second-order valence-electron chi connectivity index (χ2n) is 4.91. The molecule has 1 N–H and O–H groups in total. The van der Waals surface area contributed by atoms with Crippen LogP contribution in [0.3, 0.4) is 0 Å². The Balaban J connectivity index is 2.09. The number of rotatable bonds is 6. The molecule has 1 aromatic carbocycles. The predicted molar refractivity (Wildman–Crippen MR) is 83.8 cm³/mol. The largest absolute Gasteiger partial charge is 0.497 e. The van der Waals surface area contributed by atoms with Gasteiger partial charge in [-0.3, -0.25) is 4.79 Å². The number of methoxy groups -OCH3 is 1. The number of benzene rings is 1. The molecule has 112 valence electrons. The fraction of sp³-hybridized carbons (Fsp3) is 0.375. The van der Waals surface area contributed by atoms with Gasteiger partial charge in [0.1, 0.15) is 5.75 Å². The van der Waals surface area contributed by atoms with Gasteiger partial charge in [-0.05, 0) is 31.0 Å². The van der Waals surface area contributed by atoms with Crippen molar-refractivity contribution in [2.45, 2.75) is 33.4 Å². The number of aryl methyl sites for hydroxylation is 1. The van der Waals surface area contributed by atoms with E-state index < -0.39 is 0 Å². The minimum atomic E-state index is -0.0309. The molecule has 21 heavy (non-hydrogen) atoms. The number of nitrogens with one attached hydrogen (secondary N) is 1. The zero-order chi connectivity index (χ0) is 15.2. The minimum absolute atomic E-state index is 0.0309. The molecule has 0 fully saturated rings. The molecule has 2 rings (SSSR count). The summed E-state index contributed by atoms with van der Waals surface area (Å²) in [5, 5.41) is 7.45. The molecule has 0 unspecified atom stereocenters. The van der Waals surface area contributed by atoms with Crippen LogP contribution in [0.4, 0.5) is 5.69 Å². The van der Waals surface area contributed by atoms with Gasteiger partial charge in [0.2, 0.25) is 0 Å². The molecule has 5 nitrogen and oxygen atoms in total. The van der Waals surface area contributed by atoms with Crippen molar-refractivity contribution in [1.82, 2.24) is 9.78 Å². The van der Waals surface area contributed by atoms with Crippen LogP contribution in [0.5, 0.6) is 5.75 Å². The first-order chi connectivity index (χ1) is 10.2. The highest BCUT2D eigenvalue weighted by Gasteiger charge is 2.06. The molecule has 0 aliphatic rings. The Bertz CT molecular complexity index is 648. The van der Waals surface area contributed by atoms with Crippen molar-refractivity contribution >= 4 is 5.69 Å². The number of aromatic nitrogens is 2. The van der Waals surface area contributed by atoms with Crippen molar-refractivity contribution in [2.24, 2.45) is 0 Å². The first kappa shape index (κ1) is 15.1. The number of hydrogen-bond donors (Lipinski definition) is 1. The third-order valence-electron chi connectivity index (χ3n) is 3.36. The lowest BCUT2D eigenvalue weighted by Crippen LogP contribution is -2.25. The Morgan fingerprint density at radius 2 is 2.00 bits per heavy atom. The van der Waals surface area contributed by atoms with E-state index in [0.29, 0.717) is 18.7 Å². The van der Waals surface area contributed by atoms with Crippen molar-refractivity contribution in [3.05, 3.63) is 51.9 Å². The van der Waals surface area contributed by atoms with Crippen molar-refractivity contribution in [3.8, 4) is 5.75 Å². The van der Waals surface area contributed by atoms with Gasteiger partial charge in [-0.1, -0.05) is 19.1 Å². The van der Waals surface area contributed by atoms with Crippen LogP contribution >= 0.6 is 0 Å². The molecule has 0 bridgehead atoms. The van der Waals surface area contributed by atoms with Gasteiger partial charge < -0.3 is 10.1 Å². The third-order valence-corrected chi connectivity index (χ3v) is 3.36. The van der Waals surface area contributed by atoms with E-state index in [1.165, 1.54) is 4.68 Å². The normalized spacial score (nSPS) is 10.4. The Morgan fingerprint density at radius 3 is 2.62 bits per heavy atom. The molecule has 0 atom stereocenters. The van der Waals surface area contributed by atoms with Gasteiger partial charge in [0.25, 0.3) is 5.56 Å². The van der Waals surface area contributed by atoms with Crippen LogP contribution < -0.4 is 15.6 Å². The summed E-state index contributed by atoms with van der Waals surface area (Å²) in [6, 6.07) is 7.82. The molecule has 0 saturated carbocycles. The van der Waals surface area contributed by atoms with Gasteiger partial charge >= 0.3 is 0 Å². The zero-order valence-corrected chi connectivity index (χ0v) is 12.7. The minimum Gasteiger partial charge on any atom is -0.497 e. The van der Waals surface area contributed by atoms with Crippen LogP contribution in [0.1, 0.15) is 24.5 Å². The van der Waals surface area contributed by atoms with E-state index in [2.05, 4.69) is 10.4 Å². The smallest absolute Gasteiger partial charge is 0.271 e. The van der Waals surface area contributed by atoms with Crippen LogP contribution in [-0.4, -0.2) is 16.9 Å². The van der Waals surface area contributed by atoms with Gasteiger partial charge in [0, 0.05) is 18.7 Å². The van der Waals surface area contributed by atoms with E-state index in [1.54, 1.807) is 13.3 Å². The SMILES string of the molecule is CCCn1ncc(NCc2ccc(OC)cc2)c(C)c1=O. The van der Waals surface area contributed by atoms with Crippen molar-refractivity contribution in [1.29, 1.82) is 0 Å². The predicted octanol–water partition coefficient (Wildman–Crippen LogP) is 2.58. The van der Waals surface area contributed by atoms with Crippen molar-refractivity contribution in [3.63, 3.8) is 0 Å². The molecule has 0 spiro atoms. The molecule has 0 radical (unpaired) electrons. The van der Waals surface area contributed by atoms with Crippen LogP contribution in [0, 0.1) is 6.92 Å². The maximum absolute atomic E-state index is 12.1. The van der Waals surface area contributed by atoms with Gasteiger partial charge in [-0.2, -0.15) is 5.10 Å². The van der Waals surface area contributed by atoms with Crippen LogP contribution in [0.15, 0.2) is 35.3 Å². The standard InChI is InChI=1S/C16H21N3O2/c1-4-9-19-16(20)12(2)15(11-18-19)17-10-13-5-7-14(21-3)8-6-13/h5-8,11,17H,4,9-10H2,1-3H3. The fourth-order valence-corrected chi connectivity index (χ4v) is 2.08. The summed E-state index contributed by atoms with van der Waals surface area (Å²) in [4.78, 5) is 12.1. The van der Waals surface area contributed by atoms with Crippen LogP contribution in [0.25, 0.3) is 0 Å². The Hall–Kier alpha value is -2.30. The second-order valence-corrected chi connectivity index (χ2v) is 4.91. The van der Waals surface area contributed by atoms with Gasteiger partial charge in [0.15, 0.2) is 0 Å². The first-order valence-electron chi connectivity index (χ1n) is 7.09. The number of anilines is 1. The van der Waals surface area contributed by atoms with Crippen LogP contribution in [-0.2, 0) is 13.1 Å². The van der Waals surface area contributed by atoms with Gasteiger partial charge in [-0.25, -0.2) is 4.68 Å². The van der Waals surface area contributed by atoms with E-state index in [-0.39, 0.29) is 5.56 Å². The molecule has 2 aromatic rings. The summed E-state index contributed by atoms with van der Waals surface area (Å²) in [6.45, 7) is 5.15. The van der Waals surface area contributed by atoms with Crippen LogP contribution in [0.2, 0.25) is 0 Å². The summed E-state index contributed by atoms with van der Waals surface area (Å²) >= 11 is 0. The van der Waals surface area contributed by atoms with E-state index >= 15 is 0 Å². The number of hydrogen-bond acceptors (Lipinski definition) is 4. The molecule has 0 amide bonds. The molecule has 0 aliphatic carbocycles. The lowest BCUT2D eigenvalue weighted by atomic mass is 10.2. The molecule has 5 heteroatoms. The van der Waals surface area contributed by atoms with E-state index in [9.17, 15) is 4.79 Å². The summed E-state index contributed by atoms with van der Waals surface area (Å²) < 4.78 is 6.64. The van der Waals surface area contributed by atoms with E-state index in [0.717, 1.165) is 23.4 Å². The summed E-state index contributed by atoms with van der Waals surface area (Å²) in [5.74, 6) is 0.832. The van der Waals surface area contributed by atoms with E-state index in [4.69, 9.17) is 4.74 Å². The number of ether oxygens (including phenoxy) is 1. The Morgan fingerprint density at radius 1 is 1.29 bits per heavy atom. The molecular formula is C16H21N3O2. The highest BCUT2D eigenvalue weighted by Crippen LogP contribution is 2.14. The number of nitrogens with zero attached hydrogens (tertiary/aromatic N) is 2. The summed E-state index contributed by atoms with van der Waals surface area (Å²) in [7, 11) is 1.65. The maximum Gasteiger partial charge on any atom is 0.271 e. The maximum atomic E-state index is 12.1. The highest BCUT2D eigenvalue weighted by molar-refractivity contribution is 5.47. The molecule has 1 heterocycles. The topological polar surface area (TPSA) is 56.1 Å². The fourth-order valence-electron chi connectivity index (χ4n) is 2.08. The quantitative estimate of drug-likeness (QED) is 0.887. The van der Waals surface area contributed by atoms with Crippen molar-refractivity contribution < 1.29 is 4.74 Å². The van der Waals surface area contributed by atoms with E-state index in [1.807, 2.05) is 38.1 Å². The molecule has 1 aromatic heterocycles. The second kappa shape index (κ2) is 6.92. The monoisotopic (exact) mass is 287 g/mol. The van der Waals surface area contributed by atoms with Gasteiger partial charge in [0.05, 0.1) is 19.0 Å². The Kier molecular flexibility index (Phi) is 4.98.